The van der Waals surface area contributed by atoms with Crippen molar-refractivity contribution >= 4 is 21.7 Å². The number of carboxylic acids is 1. The number of sulfone groups is 1. The highest BCUT2D eigenvalue weighted by atomic mass is 32.2. The summed E-state index contributed by atoms with van der Waals surface area (Å²) in [7, 11) is -3.36. The molecule has 3 N–H and O–H groups in total. The molecule has 2 atom stereocenters. The number of nitrogens with one attached hydrogen (secondary N) is 1. The Labute approximate surface area is 116 Å². The molecule has 0 saturated heterocycles. The van der Waals surface area contributed by atoms with E-state index in [0.29, 0.717) is 0 Å². The number of hydrogen-bond donors (Lipinski definition) is 3. The predicted molar refractivity (Wildman–Crippen MR) is 70.1 cm³/mol. The number of rotatable bonds is 5. The predicted octanol–water partition coefficient (Wildman–Crippen LogP) is -0.346. The first kappa shape index (κ1) is 16.1. The summed E-state index contributed by atoms with van der Waals surface area (Å²) in [5.74, 6) is -2.07. The van der Waals surface area contributed by atoms with Crippen molar-refractivity contribution in [2.24, 2.45) is 0 Å². The van der Waals surface area contributed by atoms with Crippen LogP contribution in [0.2, 0.25) is 0 Å². The van der Waals surface area contributed by atoms with Crippen molar-refractivity contribution in [2.75, 3.05) is 6.26 Å². The van der Waals surface area contributed by atoms with E-state index in [9.17, 15) is 23.1 Å². The second-order valence-corrected chi connectivity index (χ2v) is 6.34. The van der Waals surface area contributed by atoms with E-state index in [-0.39, 0.29) is 10.5 Å². The Morgan fingerprint density at radius 2 is 1.70 bits per heavy atom. The lowest BCUT2D eigenvalue weighted by molar-refractivity contribution is -0.141. The van der Waals surface area contributed by atoms with E-state index in [4.69, 9.17) is 5.11 Å². The molecule has 0 aliphatic rings. The Balaban J connectivity index is 2.91. The van der Waals surface area contributed by atoms with E-state index in [1.807, 2.05) is 0 Å². The maximum Gasteiger partial charge on any atom is 0.328 e. The summed E-state index contributed by atoms with van der Waals surface area (Å²) in [6.45, 7) is 1.24. The van der Waals surface area contributed by atoms with Gasteiger partial charge in [-0.15, -0.1) is 0 Å². The number of amides is 1. The molecule has 1 aromatic carbocycles. The molecule has 7 nitrogen and oxygen atoms in total. The van der Waals surface area contributed by atoms with Crippen LogP contribution in [0, 0.1) is 0 Å². The minimum atomic E-state index is -3.36. The highest BCUT2D eigenvalue weighted by molar-refractivity contribution is 7.90. The van der Waals surface area contributed by atoms with Crippen molar-refractivity contribution in [3.05, 3.63) is 29.8 Å². The topological polar surface area (TPSA) is 121 Å². The summed E-state index contributed by atoms with van der Waals surface area (Å²) < 4.78 is 22.5. The molecule has 0 spiro atoms. The van der Waals surface area contributed by atoms with Gasteiger partial charge in [0.15, 0.2) is 15.9 Å². The minimum Gasteiger partial charge on any atom is -0.480 e. The molecular weight excluding hydrogens is 286 g/mol. The third-order valence-corrected chi connectivity index (χ3v) is 3.71. The van der Waals surface area contributed by atoms with Gasteiger partial charge in [0.25, 0.3) is 5.91 Å². The smallest absolute Gasteiger partial charge is 0.328 e. The van der Waals surface area contributed by atoms with Crippen LogP contribution >= 0.6 is 0 Å². The highest BCUT2D eigenvalue weighted by Crippen LogP contribution is 2.10. The first-order valence-electron chi connectivity index (χ1n) is 5.65. The fourth-order valence-electron chi connectivity index (χ4n) is 1.47. The van der Waals surface area contributed by atoms with E-state index in [0.717, 1.165) is 6.26 Å². The van der Waals surface area contributed by atoms with Crippen molar-refractivity contribution < 1.29 is 28.2 Å². The maximum atomic E-state index is 11.8. The number of aliphatic hydroxyl groups is 1. The third kappa shape index (κ3) is 4.04. The number of carboxylic acid groups (broad SMARTS) is 1. The van der Waals surface area contributed by atoms with Gasteiger partial charge in [-0.3, -0.25) is 4.79 Å². The molecular formula is C12H15NO6S. The lowest BCUT2D eigenvalue weighted by Crippen LogP contribution is -2.47. The van der Waals surface area contributed by atoms with Crippen LogP contribution in [0.25, 0.3) is 0 Å². The normalized spacial score (nSPS) is 14.3. The molecule has 8 heteroatoms. The Morgan fingerprint density at radius 3 is 2.05 bits per heavy atom. The molecule has 0 aliphatic carbocycles. The Kier molecular flexibility index (Phi) is 4.85. The minimum absolute atomic E-state index is 0.0550. The quantitative estimate of drug-likeness (QED) is 0.684. The van der Waals surface area contributed by atoms with Crippen molar-refractivity contribution in [2.45, 2.75) is 24.0 Å². The summed E-state index contributed by atoms with van der Waals surface area (Å²) in [6.07, 6.45) is -0.220. The van der Waals surface area contributed by atoms with Gasteiger partial charge in [0.1, 0.15) is 0 Å². The average molecular weight is 301 g/mol. The molecule has 0 aromatic heterocycles. The van der Waals surface area contributed by atoms with E-state index in [2.05, 4.69) is 5.32 Å². The molecule has 0 heterocycles. The zero-order valence-electron chi connectivity index (χ0n) is 10.9. The van der Waals surface area contributed by atoms with Crippen LogP contribution in [0.15, 0.2) is 29.2 Å². The van der Waals surface area contributed by atoms with E-state index < -0.39 is 33.9 Å². The zero-order valence-corrected chi connectivity index (χ0v) is 11.7. The summed E-state index contributed by atoms with van der Waals surface area (Å²) in [4.78, 5) is 22.7. The Bertz CT molecular complexity index is 605. The number of aliphatic hydroxyl groups excluding tert-OH is 1. The molecule has 0 radical (unpaired) electrons. The SMILES string of the molecule is C[C@@H](O)[C@H](NC(=O)c1ccc(S(C)(=O)=O)cc1)C(=O)O. The summed E-state index contributed by atoms with van der Waals surface area (Å²) in [5, 5.41) is 20.2. The molecule has 1 aromatic rings. The Hall–Kier alpha value is -1.93. The van der Waals surface area contributed by atoms with Crippen LogP contribution in [0.5, 0.6) is 0 Å². The summed E-state index contributed by atoms with van der Waals surface area (Å²) in [5.41, 5.74) is 0.101. The molecule has 0 unspecified atom stereocenters. The maximum absolute atomic E-state index is 11.8. The fraction of sp³-hybridized carbons (Fsp3) is 0.333. The van der Waals surface area contributed by atoms with Gasteiger partial charge in [-0.1, -0.05) is 0 Å². The number of carbonyl (C=O) groups is 2. The van der Waals surface area contributed by atoms with Gasteiger partial charge >= 0.3 is 5.97 Å². The lowest BCUT2D eigenvalue weighted by atomic mass is 10.1. The van der Waals surface area contributed by atoms with Gasteiger partial charge in [-0.25, -0.2) is 13.2 Å². The fourth-order valence-corrected chi connectivity index (χ4v) is 2.10. The van der Waals surface area contributed by atoms with Gasteiger partial charge in [0.2, 0.25) is 0 Å². The standard InChI is InChI=1S/C12H15NO6S/c1-7(14)10(12(16)17)13-11(15)8-3-5-9(6-4-8)20(2,18)19/h3-7,10,14H,1-2H3,(H,13,15)(H,16,17)/t7-,10+/m1/s1. The molecule has 20 heavy (non-hydrogen) atoms. The lowest BCUT2D eigenvalue weighted by Gasteiger charge is -2.17. The van der Waals surface area contributed by atoms with Crippen LogP contribution in [-0.4, -0.2) is 48.9 Å². The van der Waals surface area contributed by atoms with Crippen LogP contribution in [-0.2, 0) is 14.6 Å². The molecule has 0 fully saturated rings. The van der Waals surface area contributed by atoms with Crippen molar-refractivity contribution in [3.63, 3.8) is 0 Å². The molecule has 1 amide bonds. The zero-order chi connectivity index (χ0) is 15.5. The summed E-state index contributed by atoms with van der Waals surface area (Å²) >= 11 is 0. The van der Waals surface area contributed by atoms with E-state index in [1.54, 1.807) is 0 Å². The number of benzene rings is 1. The molecule has 0 bridgehead atoms. The molecule has 1 rings (SSSR count). The van der Waals surface area contributed by atoms with Crippen molar-refractivity contribution in [1.82, 2.24) is 5.32 Å². The molecule has 110 valence electrons. The van der Waals surface area contributed by atoms with E-state index >= 15 is 0 Å². The number of hydrogen-bond acceptors (Lipinski definition) is 5. The number of aliphatic carboxylic acids is 1. The first-order valence-corrected chi connectivity index (χ1v) is 7.54. The number of carbonyl (C=O) groups excluding carboxylic acids is 1. The summed E-state index contributed by atoms with van der Waals surface area (Å²) in [6, 6.07) is 3.61. The largest absolute Gasteiger partial charge is 0.480 e. The van der Waals surface area contributed by atoms with Crippen LogP contribution in [0.4, 0.5) is 0 Å². The van der Waals surface area contributed by atoms with Gasteiger partial charge in [-0.2, -0.15) is 0 Å². The molecule has 0 saturated carbocycles. The van der Waals surface area contributed by atoms with Gasteiger partial charge in [0, 0.05) is 11.8 Å². The second kappa shape index (κ2) is 6.02. The highest BCUT2D eigenvalue weighted by Gasteiger charge is 2.25. The van der Waals surface area contributed by atoms with Crippen LogP contribution in [0.3, 0.4) is 0 Å². The van der Waals surface area contributed by atoms with Crippen molar-refractivity contribution in [1.29, 1.82) is 0 Å². The van der Waals surface area contributed by atoms with Crippen LogP contribution in [0.1, 0.15) is 17.3 Å². The third-order valence-electron chi connectivity index (χ3n) is 2.58. The van der Waals surface area contributed by atoms with Gasteiger partial charge in [0.05, 0.1) is 11.0 Å². The van der Waals surface area contributed by atoms with E-state index in [1.165, 1.54) is 31.2 Å². The second-order valence-electron chi connectivity index (χ2n) is 4.33. The Morgan fingerprint density at radius 1 is 1.20 bits per heavy atom. The first-order chi connectivity index (χ1) is 9.12. The monoisotopic (exact) mass is 301 g/mol. The molecule has 0 aliphatic heterocycles. The van der Waals surface area contributed by atoms with Gasteiger partial charge < -0.3 is 15.5 Å². The van der Waals surface area contributed by atoms with Crippen LogP contribution < -0.4 is 5.32 Å². The van der Waals surface area contributed by atoms with Crippen molar-refractivity contribution in [3.8, 4) is 0 Å². The average Bonchev–Trinajstić information content (AvgIpc) is 2.34. The van der Waals surface area contributed by atoms with Gasteiger partial charge in [-0.05, 0) is 31.2 Å².